The maximum Gasteiger partial charge on any atom is 0.335 e. The van der Waals surface area contributed by atoms with Gasteiger partial charge in [0.1, 0.15) is 6.61 Å². The van der Waals surface area contributed by atoms with Gasteiger partial charge in [0.2, 0.25) is 0 Å². The van der Waals surface area contributed by atoms with Crippen molar-refractivity contribution < 1.29 is 19.4 Å². The van der Waals surface area contributed by atoms with E-state index in [0.717, 1.165) is 17.7 Å². The minimum Gasteiger partial charge on any atom is -0.486 e. The molecule has 3 N–H and O–H groups in total. The number of carbonyl (C=O) groups excluding carboxylic acids is 1. The van der Waals surface area contributed by atoms with Gasteiger partial charge in [-0.05, 0) is 65.6 Å². The molecule has 0 aliphatic carbocycles. The van der Waals surface area contributed by atoms with Gasteiger partial charge in [-0.3, -0.25) is 4.79 Å². The number of amides is 1. The zero-order valence-corrected chi connectivity index (χ0v) is 21.0. The van der Waals surface area contributed by atoms with E-state index in [0.29, 0.717) is 26.3 Å². The summed E-state index contributed by atoms with van der Waals surface area (Å²) in [5, 5.41) is 15.8. The molecule has 6 nitrogen and oxygen atoms in total. The van der Waals surface area contributed by atoms with Crippen molar-refractivity contribution in [1.82, 2.24) is 5.32 Å². The number of ether oxygens (including phenoxy) is 1. The summed E-state index contributed by atoms with van der Waals surface area (Å²) in [4.78, 5) is 24.0. The van der Waals surface area contributed by atoms with Gasteiger partial charge < -0.3 is 20.5 Å². The number of hydrogen-bond donors (Lipinski definition) is 3. The monoisotopic (exact) mass is 528 g/mol. The number of carboxylic acid groups (broad SMARTS) is 1. The van der Waals surface area contributed by atoms with Gasteiger partial charge in [-0.15, -0.1) is 0 Å². The van der Waals surface area contributed by atoms with Gasteiger partial charge in [-0.1, -0.05) is 66.2 Å². The maximum absolute atomic E-state index is 12.5. The smallest absolute Gasteiger partial charge is 0.335 e. The molecule has 1 aliphatic rings. The summed E-state index contributed by atoms with van der Waals surface area (Å²) in [5.74, 6) is -0.860. The zero-order valence-electron chi connectivity index (χ0n) is 18.7. The van der Waals surface area contributed by atoms with Crippen molar-refractivity contribution in [2.45, 2.75) is 25.4 Å². The minimum atomic E-state index is -0.991. The van der Waals surface area contributed by atoms with Crippen molar-refractivity contribution in [3.05, 3.63) is 97.9 Å². The van der Waals surface area contributed by atoms with Crippen LogP contribution >= 0.6 is 35.0 Å². The van der Waals surface area contributed by atoms with E-state index in [1.807, 2.05) is 12.1 Å². The molecular weight excluding hydrogens is 507 g/mol. The summed E-state index contributed by atoms with van der Waals surface area (Å²) in [6.07, 6.45) is 2.70. The maximum atomic E-state index is 12.5. The molecule has 180 valence electrons. The Morgan fingerprint density at radius 2 is 1.71 bits per heavy atom. The molecule has 0 bridgehead atoms. The van der Waals surface area contributed by atoms with E-state index < -0.39 is 5.97 Å². The number of aromatic carboxylic acids is 1. The number of aryl methyl sites for hydroxylation is 1. The molecule has 3 aromatic rings. The molecule has 1 saturated heterocycles. The molecule has 35 heavy (non-hydrogen) atoms. The van der Waals surface area contributed by atoms with Crippen molar-refractivity contribution in [2.24, 2.45) is 0 Å². The Labute approximate surface area is 217 Å². The number of rotatable bonds is 8. The standard InChI is InChI=1S/C26H22Cl2N2O4S/c1-2-15-5-9-19(10-6-15)29-26-30-24(31)22(35-26)13-17-11-20(27)23(21(28)12-17)34-14-16-3-7-18(8-4-16)25(32)33/h3-13,26,29H,2,14H2,1H3,(H,30,31)(H,32,33)/b22-13-/t26-/m1/s1. The lowest BCUT2D eigenvalue weighted by Gasteiger charge is -2.13. The topological polar surface area (TPSA) is 87.7 Å². The van der Waals surface area contributed by atoms with Crippen LogP contribution in [0.15, 0.2) is 65.6 Å². The Morgan fingerprint density at radius 1 is 1.09 bits per heavy atom. The van der Waals surface area contributed by atoms with Crippen molar-refractivity contribution in [1.29, 1.82) is 0 Å². The lowest BCUT2D eigenvalue weighted by molar-refractivity contribution is -0.116. The molecule has 0 spiro atoms. The van der Waals surface area contributed by atoms with Gasteiger partial charge in [-0.25, -0.2) is 4.79 Å². The molecule has 3 aromatic carbocycles. The van der Waals surface area contributed by atoms with E-state index in [-0.39, 0.29) is 23.6 Å². The first-order valence-electron chi connectivity index (χ1n) is 10.8. The van der Waals surface area contributed by atoms with Crippen LogP contribution in [-0.2, 0) is 17.8 Å². The highest BCUT2D eigenvalue weighted by Gasteiger charge is 2.27. The zero-order chi connectivity index (χ0) is 24.9. The average molecular weight is 529 g/mol. The number of anilines is 1. The van der Waals surface area contributed by atoms with Crippen molar-refractivity contribution in [2.75, 3.05) is 5.32 Å². The van der Waals surface area contributed by atoms with Crippen LogP contribution in [0.2, 0.25) is 10.0 Å². The van der Waals surface area contributed by atoms with E-state index >= 15 is 0 Å². The van der Waals surface area contributed by atoms with Crippen molar-refractivity contribution in [3.8, 4) is 5.75 Å². The molecule has 1 atom stereocenters. The summed E-state index contributed by atoms with van der Waals surface area (Å²) in [7, 11) is 0. The Morgan fingerprint density at radius 3 is 2.31 bits per heavy atom. The van der Waals surface area contributed by atoms with Crippen LogP contribution in [0, 0.1) is 0 Å². The SMILES string of the molecule is CCc1ccc(N[C@@H]2NC(=O)/C(=C/c3cc(Cl)c(OCc4ccc(C(=O)O)cc4)c(Cl)c3)S2)cc1. The summed E-state index contributed by atoms with van der Waals surface area (Å²) in [5.41, 5.74) is 3.52. The third kappa shape index (κ3) is 6.31. The van der Waals surface area contributed by atoms with Crippen LogP contribution in [0.4, 0.5) is 5.69 Å². The van der Waals surface area contributed by atoms with E-state index in [2.05, 4.69) is 29.7 Å². The summed E-state index contributed by atoms with van der Waals surface area (Å²) >= 11 is 14.2. The number of carbonyl (C=O) groups is 2. The van der Waals surface area contributed by atoms with E-state index in [9.17, 15) is 9.59 Å². The third-order valence-corrected chi connectivity index (χ3v) is 6.88. The first kappa shape index (κ1) is 25.0. The van der Waals surface area contributed by atoms with Gasteiger partial charge in [0.05, 0.1) is 20.5 Å². The number of thioether (sulfide) groups is 1. The molecule has 0 unspecified atom stereocenters. The fourth-order valence-corrected chi connectivity index (χ4v) is 5.00. The molecule has 0 aromatic heterocycles. The van der Waals surface area contributed by atoms with Crippen LogP contribution in [0.3, 0.4) is 0 Å². The molecule has 0 radical (unpaired) electrons. The van der Waals surface area contributed by atoms with Gasteiger partial charge in [0.25, 0.3) is 5.91 Å². The molecule has 1 aliphatic heterocycles. The Hall–Kier alpha value is -3.13. The van der Waals surface area contributed by atoms with Crippen LogP contribution < -0.4 is 15.4 Å². The highest BCUT2D eigenvalue weighted by atomic mass is 35.5. The normalized spacial score (nSPS) is 16.3. The molecular formula is C26H22Cl2N2O4S. The van der Waals surface area contributed by atoms with Crippen LogP contribution in [0.5, 0.6) is 5.75 Å². The lowest BCUT2D eigenvalue weighted by atomic mass is 10.1. The van der Waals surface area contributed by atoms with Crippen LogP contribution in [-0.4, -0.2) is 22.5 Å². The summed E-state index contributed by atoms with van der Waals surface area (Å²) in [6.45, 7) is 2.27. The molecule has 1 amide bonds. The van der Waals surface area contributed by atoms with Crippen molar-refractivity contribution in [3.63, 3.8) is 0 Å². The van der Waals surface area contributed by atoms with Gasteiger partial charge in [-0.2, -0.15) is 0 Å². The largest absolute Gasteiger partial charge is 0.486 e. The van der Waals surface area contributed by atoms with Crippen molar-refractivity contribution >= 4 is 58.6 Å². The van der Waals surface area contributed by atoms with Gasteiger partial charge >= 0.3 is 5.97 Å². The Kier molecular flexibility index (Phi) is 7.90. The first-order valence-corrected chi connectivity index (χ1v) is 12.4. The molecule has 1 heterocycles. The van der Waals surface area contributed by atoms with E-state index in [4.69, 9.17) is 33.0 Å². The second kappa shape index (κ2) is 11.1. The number of benzene rings is 3. The number of nitrogens with one attached hydrogen (secondary N) is 2. The number of halogens is 2. The average Bonchev–Trinajstić information content (AvgIpc) is 3.17. The second-order valence-corrected chi connectivity index (χ2v) is 9.74. The summed E-state index contributed by atoms with van der Waals surface area (Å²) < 4.78 is 5.77. The fourth-order valence-electron chi connectivity index (χ4n) is 3.40. The van der Waals surface area contributed by atoms with Gasteiger partial charge in [0, 0.05) is 5.69 Å². The lowest BCUT2D eigenvalue weighted by Crippen LogP contribution is -2.30. The minimum absolute atomic E-state index is 0.171. The predicted octanol–water partition coefficient (Wildman–Crippen LogP) is 6.43. The molecule has 4 rings (SSSR count). The fraction of sp³-hybridized carbons (Fsp3) is 0.154. The highest BCUT2D eigenvalue weighted by Crippen LogP contribution is 2.37. The third-order valence-electron chi connectivity index (χ3n) is 5.29. The van der Waals surface area contributed by atoms with E-state index in [1.165, 1.54) is 29.5 Å². The Balaban J connectivity index is 1.42. The molecule has 1 fully saturated rings. The quantitative estimate of drug-likeness (QED) is 0.292. The molecule has 0 saturated carbocycles. The van der Waals surface area contributed by atoms with Gasteiger partial charge in [0.15, 0.2) is 11.2 Å². The Bertz CT molecular complexity index is 1250. The summed E-state index contributed by atoms with van der Waals surface area (Å²) in [6, 6.07) is 17.8. The van der Waals surface area contributed by atoms with Crippen LogP contribution in [0.1, 0.15) is 34.0 Å². The molecule has 9 heteroatoms. The first-order chi connectivity index (χ1) is 16.8. The predicted molar refractivity (Wildman–Crippen MR) is 141 cm³/mol. The second-order valence-electron chi connectivity index (χ2n) is 7.78. The van der Waals surface area contributed by atoms with Crippen LogP contribution in [0.25, 0.3) is 6.08 Å². The highest BCUT2D eigenvalue weighted by molar-refractivity contribution is 8.05. The number of hydrogen-bond acceptors (Lipinski definition) is 5. The number of carboxylic acids is 1. The van der Waals surface area contributed by atoms with E-state index in [1.54, 1.807) is 30.3 Å².